The summed E-state index contributed by atoms with van der Waals surface area (Å²) in [6.45, 7) is 6.99. The summed E-state index contributed by atoms with van der Waals surface area (Å²) in [6, 6.07) is 0. The van der Waals surface area contributed by atoms with E-state index in [0.717, 1.165) is 0 Å². The van der Waals surface area contributed by atoms with E-state index >= 15 is 0 Å². The van der Waals surface area contributed by atoms with Crippen LogP contribution in [0.5, 0.6) is 0 Å². The molecule has 0 rings (SSSR count). The maximum Gasteiger partial charge on any atom is 0.0917 e. The van der Waals surface area contributed by atoms with E-state index in [1.165, 1.54) is 141 Å². The van der Waals surface area contributed by atoms with E-state index in [0.29, 0.717) is 5.54 Å². The number of hydrogen-bond donors (Lipinski definition) is 2. The molecule has 0 bridgehead atoms. The predicted octanol–water partition coefficient (Wildman–Crippen LogP) is 2.99. The van der Waals surface area contributed by atoms with Crippen LogP contribution in [0.3, 0.4) is 0 Å². The summed E-state index contributed by atoms with van der Waals surface area (Å²) in [5.41, 5.74) is 4.86. The molecule has 0 radical (unpaired) electrons. The molecule has 2 nitrogen and oxygen atoms in total. The van der Waals surface area contributed by atoms with Crippen LogP contribution in [-0.2, 0) is 0 Å². The first-order valence-corrected chi connectivity index (χ1v) is 13.0. The van der Waals surface area contributed by atoms with Crippen molar-refractivity contribution in [1.29, 1.82) is 0 Å². The van der Waals surface area contributed by atoms with Gasteiger partial charge in [0.25, 0.3) is 0 Å². The summed E-state index contributed by atoms with van der Waals surface area (Å²) in [4.78, 5) is 0. The SMILES string of the molecule is CCCCCCCCCCCCC(C)([NH3+])CCCCCCCCCCCC.[F-].[F-].[NH4+]. The van der Waals surface area contributed by atoms with E-state index in [4.69, 9.17) is 0 Å². The highest BCUT2D eigenvalue weighted by molar-refractivity contribution is 4.70. The van der Waals surface area contributed by atoms with Gasteiger partial charge in [0.2, 0.25) is 0 Å². The Kier molecular flexibility index (Phi) is 35.6. The molecule has 0 saturated carbocycles. The molecule has 4 heteroatoms. The molecule has 0 aliphatic heterocycles. The normalized spacial score (nSPS) is 10.8. The summed E-state index contributed by atoms with van der Waals surface area (Å²) in [6.07, 6.45) is 31.4. The Balaban J connectivity index is -0.00000113. The van der Waals surface area contributed by atoms with Crippen LogP contribution >= 0.6 is 0 Å². The average molecular weight is 439 g/mol. The van der Waals surface area contributed by atoms with Crippen molar-refractivity contribution in [2.75, 3.05) is 0 Å². The van der Waals surface area contributed by atoms with Crippen molar-refractivity contribution in [2.45, 2.75) is 168 Å². The van der Waals surface area contributed by atoms with Gasteiger partial charge in [0.1, 0.15) is 0 Å². The molecule has 188 valence electrons. The van der Waals surface area contributed by atoms with Crippen molar-refractivity contribution < 1.29 is 15.1 Å². The Labute approximate surface area is 189 Å². The lowest BCUT2D eigenvalue weighted by molar-refractivity contribution is -0.475. The van der Waals surface area contributed by atoms with Gasteiger partial charge in [-0.2, -0.15) is 0 Å². The van der Waals surface area contributed by atoms with E-state index in [-0.39, 0.29) is 15.6 Å². The fourth-order valence-electron chi connectivity index (χ4n) is 4.20. The van der Waals surface area contributed by atoms with Crippen molar-refractivity contribution >= 4 is 0 Å². The topological polar surface area (TPSA) is 64.1 Å². The molecule has 7 N–H and O–H groups in total. The zero-order valence-electron chi connectivity index (χ0n) is 21.5. The van der Waals surface area contributed by atoms with Gasteiger partial charge in [0, 0.05) is 12.8 Å². The largest absolute Gasteiger partial charge is 1.00 e. The maximum atomic E-state index is 4.52. The maximum absolute atomic E-state index is 4.52. The van der Waals surface area contributed by atoms with Crippen LogP contribution in [0.1, 0.15) is 162 Å². The molecule has 30 heavy (non-hydrogen) atoms. The summed E-state index contributed by atoms with van der Waals surface area (Å²) in [5, 5.41) is 0. The minimum atomic E-state index is 0. The summed E-state index contributed by atoms with van der Waals surface area (Å²) in [5.74, 6) is 0. The second kappa shape index (κ2) is 28.8. The van der Waals surface area contributed by atoms with Crippen LogP contribution < -0.4 is 21.3 Å². The monoisotopic (exact) mass is 438 g/mol. The number of hydrogen-bond acceptors (Lipinski definition) is 0. The molecule has 0 fully saturated rings. The molecule has 0 aliphatic rings. The molecule has 0 heterocycles. The molecule has 0 aromatic heterocycles. The summed E-state index contributed by atoms with van der Waals surface area (Å²) >= 11 is 0. The lowest BCUT2D eigenvalue weighted by atomic mass is 9.89. The van der Waals surface area contributed by atoms with Crippen LogP contribution in [-0.4, -0.2) is 5.54 Å². The summed E-state index contributed by atoms with van der Waals surface area (Å²) in [7, 11) is 0. The molecule has 0 saturated heterocycles. The Bertz CT molecular complexity index is 260. The smallest absolute Gasteiger partial charge is 0.0917 e. The number of rotatable bonds is 22. The van der Waals surface area contributed by atoms with Gasteiger partial charge in [-0.1, -0.05) is 129 Å². The van der Waals surface area contributed by atoms with Gasteiger partial charge in [-0.25, -0.2) is 0 Å². The van der Waals surface area contributed by atoms with Gasteiger partial charge in [0.15, 0.2) is 0 Å². The zero-order valence-corrected chi connectivity index (χ0v) is 21.5. The van der Waals surface area contributed by atoms with Gasteiger partial charge in [-0.3, -0.25) is 0 Å². The molecular weight excluding hydrogens is 378 g/mol. The van der Waals surface area contributed by atoms with Gasteiger partial charge in [-0.05, 0) is 19.8 Å². The van der Waals surface area contributed by atoms with E-state index in [2.05, 4.69) is 26.5 Å². The molecule has 0 spiro atoms. The van der Waals surface area contributed by atoms with Gasteiger partial charge in [-0.15, -0.1) is 0 Å². The minimum absolute atomic E-state index is 0. The van der Waals surface area contributed by atoms with Gasteiger partial charge in [0.05, 0.1) is 5.54 Å². The lowest BCUT2D eigenvalue weighted by Crippen LogP contribution is -3.00. The van der Waals surface area contributed by atoms with Crippen LogP contribution in [0, 0.1) is 0 Å². The first-order chi connectivity index (χ1) is 13.1. The highest BCUT2D eigenvalue weighted by atomic mass is 19.0. The molecule has 0 aliphatic carbocycles. The summed E-state index contributed by atoms with van der Waals surface area (Å²) < 4.78 is 0. The Morgan fingerprint density at radius 3 is 0.867 bits per heavy atom. The van der Waals surface area contributed by atoms with Crippen LogP contribution in [0.2, 0.25) is 0 Å². The predicted molar refractivity (Wildman–Crippen MR) is 130 cm³/mol. The fraction of sp³-hybridized carbons (Fsp3) is 1.00. The third-order valence-electron chi connectivity index (χ3n) is 6.27. The van der Waals surface area contributed by atoms with E-state index < -0.39 is 0 Å². The number of unbranched alkanes of at least 4 members (excludes halogenated alkanes) is 18. The first-order valence-electron chi connectivity index (χ1n) is 13.0. The van der Waals surface area contributed by atoms with Crippen molar-refractivity contribution in [2.24, 2.45) is 0 Å². The average Bonchev–Trinajstić information content (AvgIpc) is 2.64. The third-order valence-corrected chi connectivity index (χ3v) is 6.27. The van der Waals surface area contributed by atoms with Gasteiger partial charge >= 0.3 is 0 Å². The van der Waals surface area contributed by atoms with Gasteiger partial charge < -0.3 is 21.3 Å². The molecule has 0 unspecified atom stereocenters. The van der Waals surface area contributed by atoms with Crippen molar-refractivity contribution in [3.8, 4) is 0 Å². The quantitative estimate of drug-likeness (QED) is 0.244. The molecule has 0 amide bonds. The highest BCUT2D eigenvalue weighted by Crippen LogP contribution is 2.19. The second-order valence-corrected chi connectivity index (χ2v) is 9.67. The van der Waals surface area contributed by atoms with Crippen LogP contribution in [0.4, 0.5) is 0 Å². The van der Waals surface area contributed by atoms with Crippen LogP contribution in [0.15, 0.2) is 0 Å². The second-order valence-electron chi connectivity index (χ2n) is 9.67. The molecule has 0 aromatic carbocycles. The third kappa shape index (κ3) is 30.0. The molecule has 0 atom stereocenters. The number of halogens is 2. The molecular formula is C26H60F2N2. The lowest BCUT2D eigenvalue weighted by Gasteiger charge is -2.21. The highest BCUT2D eigenvalue weighted by Gasteiger charge is 2.21. The number of quaternary nitrogens is 2. The Morgan fingerprint density at radius 2 is 0.633 bits per heavy atom. The minimum Gasteiger partial charge on any atom is -1.00 e. The fourth-order valence-corrected chi connectivity index (χ4v) is 4.20. The van der Waals surface area contributed by atoms with Crippen molar-refractivity contribution in [1.82, 2.24) is 6.15 Å². The zero-order chi connectivity index (χ0) is 20.1. The van der Waals surface area contributed by atoms with Crippen molar-refractivity contribution in [3.63, 3.8) is 0 Å². The van der Waals surface area contributed by atoms with E-state index in [9.17, 15) is 0 Å². The standard InChI is InChI=1S/C26H55N.2FH.H3N/c1-4-6-8-10-12-14-16-18-20-22-24-26(3,27)25-23-21-19-17-15-13-11-9-7-5-2;;;/h4-25,27H2,1-3H3;2*1H;1H3. The molecule has 0 aromatic rings. The van der Waals surface area contributed by atoms with E-state index in [1.807, 2.05) is 0 Å². The Hall–Kier alpha value is -0.220. The van der Waals surface area contributed by atoms with E-state index in [1.54, 1.807) is 0 Å². The first kappa shape index (κ1) is 37.1. The van der Waals surface area contributed by atoms with Crippen molar-refractivity contribution in [3.05, 3.63) is 0 Å². The van der Waals surface area contributed by atoms with Crippen LogP contribution in [0.25, 0.3) is 0 Å². The Morgan fingerprint density at radius 1 is 0.433 bits per heavy atom.